The summed E-state index contributed by atoms with van der Waals surface area (Å²) in [4.78, 5) is 5.25. The zero-order valence-corrected chi connectivity index (χ0v) is 12.9. The summed E-state index contributed by atoms with van der Waals surface area (Å²) in [6.45, 7) is 8.34. The summed E-state index contributed by atoms with van der Waals surface area (Å²) < 4.78 is 0. The van der Waals surface area contributed by atoms with Gasteiger partial charge in [0.2, 0.25) is 0 Å². The molecule has 0 aliphatic carbocycles. The van der Waals surface area contributed by atoms with Crippen molar-refractivity contribution in [2.45, 2.75) is 18.9 Å². The third-order valence-electron chi connectivity index (χ3n) is 4.67. The van der Waals surface area contributed by atoms with Gasteiger partial charge in [0.1, 0.15) is 0 Å². The van der Waals surface area contributed by atoms with Crippen LogP contribution in [0.1, 0.15) is 18.4 Å². The Balaban J connectivity index is 1.40. The monoisotopic (exact) mass is 285 g/mol. The maximum absolute atomic E-state index is 3.53. The Labute approximate surface area is 128 Å². The van der Waals surface area contributed by atoms with Crippen LogP contribution in [0, 0.1) is 0 Å². The van der Waals surface area contributed by atoms with Crippen LogP contribution >= 0.6 is 0 Å². The fourth-order valence-electron chi connectivity index (χ4n) is 3.36. The normalized spacial score (nSPS) is 25.4. The zero-order valence-electron chi connectivity index (χ0n) is 12.9. The van der Waals surface area contributed by atoms with E-state index in [-0.39, 0.29) is 0 Å². The van der Waals surface area contributed by atoms with Crippen molar-refractivity contribution < 1.29 is 0 Å². The van der Waals surface area contributed by atoms with Gasteiger partial charge in [-0.2, -0.15) is 0 Å². The van der Waals surface area contributed by atoms with E-state index in [1.165, 1.54) is 57.7 Å². The van der Waals surface area contributed by atoms with Crippen LogP contribution in [-0.4, -0.2) is 61.7 Å². The molecule has 2 saturated heterocycles. The van der Waals surface area contributed by atoms with E-state index in [4.69, 9.17) is 0 Å². The topological polar surface area (TPSA) is 18.5 Å². The molecule has 0 aromatic heterocycles. The lowest BCUT2D eigenvalue weighted by atomic mass is 10.1. The molecule has 3 rings (SSSR count). The van der Waals surface area contributed by atoms with E-state index in [2.05, 4.69) is 57.6 Å². The number of nitrogens with one attached hydrogen (secondary N) is 1. The van der Waals surface area contributed by atoms with Crippen LogP contribution in [0.3, 0.4) is 0 Å². The number of piperazine rings is 1. The highest BCUT2D eigenvalue weighted by Gasteiger charge is 2.24. The molecule has 2 aliphatic rings. The molecule has 3 nitrogen and oxygen atoms in total. The molecular formula is C18H27N3. The van der Waals surface area contributed by atoms with E-state index in [0.29, 0.717) is 0 Å². The third-order valence-corrected chi connectivity index (χ3v) is 4.67. The molecule has 1 aromatic carbocycles. The summed E-state index contributed by atoms with van der Waals surface area (Å²) >= 11 is 0. The van der Waals surface area contributed by atoms with E-state index in [0.717, 1.165) is 12.6 Å². The number of hydrogen-bond acceptors (Lipinski definition) is 3. The fourth-order valence-corrected chi connectivity index (χ4v) is 3.36. The number of piperidine rings is 1. The molecule has 1 aromatic rings. The van der Waals surface area contributed by atoms with Gasteiger partial charge < -0.3 is 5.32 Å². The lowest BCUT2D eigenvalue weighted by Crippen LogP contribution is -2.54. The number of benzene rings is 1. The summed E-state index contributed by atoms with van der Waals surface area (Å²) in [5.41, 5.74) is 1.30. The Morgan fingerprint density at radius 1 is 1.10 bits per heavy atom. The van der Waals surface area contributed by atoms with Crippen molar-refractivity contribution in [3.8, 4) is 0 Å². The highest BCUT2D eigenvalue weighted by Crippen LogP contribution is 2.13. The molecule has 114 valence electrons. The standard InChI is InChI=1S/C18H27N3/c1-2-6-17(7-3-1)8-5-11-20-12-14-21(15-13-20)18-9-4-10-19-16-18/h1-3,5-8,18-19H,4,9-16H2/b8-5+. The first-order chi connectivity index (χ1) is 10.4. The van der Waals surface area contributed by atoms with Gasteiger partial charge in [-0.3, -0.25) is 9.80 Å². The second-order valence-corrected chi connectivity index (χ2v) is 6.15. The molecule has 2 heterocycles. The fraction of sp³-hybridized carbons (Fsp3) is 0.556. The molecule has 2 fully saturated rings. The Morgan fingerprint density at radius 2 is 1.90 bits per heavy atom. The highest BCUT2D eigenvalue weighted by molar-refractivity contribution is 5.48. The minimum atomic E-state index is 0.778. The van der Waals surface area contributed by atoms with Crippen LogP contribution in [0.25, 0.3) is 6.08 Å². The molecular weight excluding hydrogens is 258 g/mol. The Kier molecular flexibility index (Phi) is 5.44. The van der Waals surface area contributed by atoms with Gasteiger partial charge in [0.05, 0.1) is 0 Å². The molecule has 0 spiro atoms. The molecule has 0 bridgehead atoms. The SMILES string of the molecule is C(=C\c1ccccc1)/CN1CCN(C2CCCNC2)CC1. The van der Waals surface area contributed by atoms with Crippen molar-refractivity contribution in [1.29, 1.82) is 0 Å². The second kappa shape index (κ2) is 7.74. The van der Waals surface area contributed by atoms with Crippen molar-refractivity contribution in [3.63, 3.8) is 0 Å². The van der Waals surface area contributed by atoms with Crippen molar-refractivity contribution in [2.75, 3.05) is 45.8 Å². The van der Waals surface area contributed by atoms with Crippen LogP contribution in [0.15, 0.2) is 36.4 Å². The lowest BCUT2D eigenvalue weighted by Gasteiger charge is -2.40. The minimum Gasteiger partial charge on any atom is -0.315 e. The second-order valence-electron chi connectivity index (χ2n) is 6.15. The smallest absolute Gasteiger partial charge is 0.0222 e. The molecule has 21 heavy (non-hydrogen) atoms. The molecule has 2 aliphatic heterocycles. The van der Waals surface area contributed by atoms with E-state index < -0.39 is 0 Å². The number of rotatable bonds is 4. The van der Waals surface area contributed by atoms with E-state index in [9.17, 15) is 0 Å². The summed E-state index contributed by atoms with van der Waals surface area (Å²) in [5, 5.41) is 3.53. The van der Waals surface area contributed by atoms with Gasteiger partial charge in [-0.05, 0) is 24.9 Å². The number of nitrogens with zero attached hydrogens (tertiary/aromatic N) is 2. The van der Waals surface area contributed by atoms with E-state index in [1.807, 2.05) is 0 Å². The van der Waals surface area contributed by atoms with Gasteiger partial charge in [-0.25, -0.2) is 0 Å². The zero-order chi connectivity index (χ0) is 14.3. The van der Waals surface area contributed by atoms with Gasteiger partial charge in [0.15, 0.2) is 0 Å². The van der Waals surface area contributed by atoms with Crippen LogP contribution in [-0.2, 0) is 0 Å². The lowest BCUT2D eigenvalue weighted by molar-refractivity contribution is 0.0905. The first kappa shape index (κ1) is 14.8. The molecule has 1 atom stereocenters. The van der Waals surface area contributed by atoms with Gasteiger partial charge >= 0.3 is 0 Å². The predicted molar refractivity (Wildman–Crippen MR) is 89.4 cm³/mol. The van der Waals surface area contributed by atoms with Gasteiger partial charge in [-0.1, -0.05) is 42.5 Å². The molecule has 3 heteroatoms. The van der Waals surface area contributed by atoms with E-state index in [1.54, 1.807) is 0 Å². The van der Waals surface area contributed by atoms with Crippen LogP contribution < -0.4 is 5.32 Å². The Bertz CT molecular complexity index is 429. The highest BCUT2D eigenvalue weighted by atomic mass is 15.3. The maximum Gasteiger partial charge on any atom is 0.0222 e. The summed E-state index contributed by atoms with van der Waals surface area (Å²) in [6.07, 6.45) is 7.25. The summed E-state index contributed by atoms with van der Waals surface area (Å²) in [5.74, 6) is 0. The Morgan fingerprint density at radius 3 is 2.62 bits per heavy atom. The molecule has 0 radical (unpaired) electrons. The summed E-state index contributed by atoms with van der Waals surface area (Å²) in [7, 11) is 0. The average molecular weight is 285 g/mol. The van der Waals surface area contributed by atoms with Crippen LogP contribution in [0.4, 0.5) is 0 Å². The van der Waals surface area contributed by atoms with Crippen molar-refractivity contribution >= 4 is 6.08 Å². The van der Waals surface area contributed by atoms with Crippen LogP contribution in [0.2, 0.25) is 0 Å². The van der Waals surface area contributed by atoms with Crippen LogP contribution in [0.5, 0.6) is 0 Å². The van der Waals surface area contributed by atoms with Crippen molar-refractivity contribution in [2.24, 2.45) is 0 Å². The summed E-state index contributed by atoms with van der Waals surface area (Å²) in [6, 6.07) is 11.3. The first-order valence-corrected chi connectivity index (χ1v) is 8.30. The average Bonchev–Trinajstić information content (AvgIpc) is 2.57. The van der Waals surface area contributed by atoms with Gasteiger partial charge in [0, 0.05) is 45.3 Å². The molecule has 1 N–H and O–H groups in total. The van der Waals surface area contributed by atoms with E-state index >= 15 is 0 Å². The number of hydrogen-bond donors (Lipinski definition) is 1. The largest absolute Gasteiger partial charge is 0.315 e. The van der Waals surface area contributed by atoms with Gasteiger partial charge in [-0.15, -0.1) is 0 Å². The predicted octanol–water partition coefficient (Wildman–Crippen LogP) is 2.07. The Hall–Kier alpha value is -1.16. The first-order valence-electron chi connectivity index (χ1n) is 8.30. The molecule has 0 saturated carbocycles. The minimum absolute atomic E-state index is 0.778. The third kappa shape index (κ3) is 4.40. The molecule has 1 unspecified atom stereocenters. The quantitative estimate of drug-likeness (QED) is 0.913. The van der Waals surface area contributed by atoms with Crippen molar-refractivity contribution in [3.05, 3.63) is 42.0 Å². The maximum atomic E-state index is 3.53. The van der Waals surface area contributed by atoms with Gasteiger partial charge in [0.25, 0.3) is 0 Å². The molecule has 0 amide bonds. The van der Waals surface area contributed by atoms with Crippen molar-refractivity contribution in [1.82, 2.24) is 15.1 Å².